The molecule has 0 N–H and O–H groups in total. The highest BCUT2D eigenvalue weighted by molar-refractivity contribution is 6.00. The van der Waals surface area contributed by atoms with Crippen LogP contribution in [0, 0.1) is 0 Å². The molecular formula is C8H13NO3. The largest absolute Gasteiger partial charge is 0.331 e. The van der Waals surface area contributed by atoms with Crippen molar-refractivity contribution in [1.29, 1.82) is 0 Å². The first-order valence-corrected chi connectivity index (χ1v) is 3.79. The number of carbonyl (C=O) groups is 2. The molecule has 4 nitrogen and oxygen atoms in total. The Labute approximate surface area is 71.6 Å². The predicted octanol–water partition coefficient (Wildman–Crippen LogP) is 1.29. The third kappa shape index (κ3) is 5.58. The van der Waals surface area contributed by atoms with E-state index in [4.69, 9.17) is 0 Å². The van der Waals surface area contributed by atoms with E-state index in [1.807, 2.05) is 0 Å². The van der Waals surface area contributed by atoms with Gasteiger partial charge in [-0.05, 0) is 6.92 Å². The highest BCUT2D eigenvalue weighted by atomic mass is 16.7. The summed E-state index contributed by atoms with van der Waals surface area (Å²) in [6, 6.07) is 0. The molecule has 0 aliphatic carbocycles. The normalized spacial score (nSPS) is 11.1. The molecule has 0 atom stereocenters. The molecule has 0 heterocycles. The van der Waals surface area contributed by atoms with Crippen LogP contribution in [-0.2, 0) is 14.4 Å². The topological polar surface area (TPSA) is 55.7 Å². The second-order valence-corrected chi connectivity index (χ2v) is 2.48. The molecule has 0 bridgehead atoms. The van der Waals surface area contributed by atoms with Crippen LogP contribution in [0.4, 0.5) is 0 Å². The summed E-state index contributed by atoms with van der Waals surface area (Å²) in [5.74, 6) is -0.387. The second kappa shape index (κ2) is 5.46. The van der Waals surface area contributed by atoms with E-state index in [-0.39, 0.29) is 12.2 Å². The Hall–Kier alpha value is -1.19. The highest BCUT2D eigenvalue weighted by Gasteiger charge is 2.01. The highest BCUT2D eigenvalue weighted by Crippen LogP contribution is 1.93. The molecule has 0 saturated carbocycles. The SMILES string of the molecule is CCC(=O)C/C(C)=N/OC(C)=O. The molecule has 0 aromatic heterocycles. The number of oxime groups is 1. The maximum Gasteiger partial charge on any atom is 0.331 e. The average molecular weight is 171 g/mol. The van der Waals surface area contributed by atoms with Crippen molar-refractivity contribution >= 4 is 17.5 Å². The molecule has 0 fully saturated rings. The maximum absolute atomic E-state index is 10.8. The van der Waals surface area contributed by atoms with Gasteiger partial charge in [-0.3, -0.25) is 4.79 Å². The molecule has 0 aromatic rings. The summed E-state index contributed by atoms with van der Waals surface area (Å²) < 4.78 is 0. The van der Waals surface area contributed by atoms with Gasteiger partial charge in [-0.2, -0.15) is 0 Å². The van der Waals surface area contributed by atoms with Crippen molar-refractivity contribution in [1.82, 2.24) is 0 Å². The molecule has 4 heteroatoms. The fourth-order valence-electron chi connectivity index (χ4n) is 0.585. The summed E-state index contributed by atoms with van der Waals surface area (Å²) in [7, 11) is 0. The minimum absolute atomic E-state index is 0.0865. The minimum atomic E-state index is -0.474. The van der Waals surface area contributed by atoms with Gasteiger partial charge in [0.25, 0.3) is 0 Å². The molecule has 0 saturated heterocycles. The zero-order valence-corrected chi connectivity index (χ0v) is 7.59. The van der Waals surface area contributed by atoms with Crippen molar-refractivity contribution in [2.45, 2.75) is 33.6 Å². The third-order valence-corrected chi connectivity index (χ3v) is 1.18. The molecule has 68 valence electrons. The zero-order valence-electron chi connectivity index (χ0n) is 7.59. The second-order valence-electron chi connectivity index (χ2n) is 2.48. The maximum atomic E-state index is 10.8. The van der Waals surface area contributed by atoms with Crippen LogP contribution in [0.25, 0.3) is 0 Å². The van der Waals surface area contributed by atoms with Crippen LogP contribution >= 0.6 is 0 Å². The van der Waals surface area contributed by atoms with Crippen molar-refractivity contribution in [3.63, 3.8) is 0 Å². The van der Waals surface area contributed by atoms with Crippen molar-refractivity contribution in [2.75, 3.05) is 0 Å². The fraction of sp³-hybridized carbons (Fsp3) is 0.625. The van der Waals surface area contributed by atoms with Crippen LogP contribution in [-0.4, -0.2) is 17.5 Å². The van der Waals surface area contributed by atoms with E-state index < -0.39 is 5.97 Å². The van der Waals surface area contributed by atoms with E-state index in [2.05, 4.69) is 9.99 Å². The summed E-state index contributed by atoms with van der Waals surface area (Å²) in [5.41, 5.74) is 0.525. The Kier molecular flexibility index (Phi) is 4.92. The lowest BCUT2D eigenvalue weighted by Gasteiger charge is -1.96. The molecule has 0 spiro atoms. The number of rotatable bonds is 4. The number of ketones is 1. The van der Waals surface area contributed by atoms with Gasteiger partial charge < -0.3 is 4.84 Å². The minimum Gasteiger partial charge on any atom is -0.319 e. The third-order valence-electron chi connectivity index (χ3n) is 1.18. The molecule has 0 radical (unpaired) electrons. The fourth-order valence-corrected chi connectivity index (χ4v) is 0.585. The number of carbonyl (C=O) groups excluding carboxylic acids is 2. The van der Waals surface area contributed by atoms with Gasteiger partial charge in [0.2, 0.25) is 0 Å². The van der Waals surface area contributed by atoms with Crippen LogP contribution in [0.5, 0.6) is 0 Å². The Bertz CT molecular complexity index is 208. The Morgan fingerprint density at radius 2 is 1.92 bits per heavy atom. The molecule has 0 amide bonds. The van der Waals surface area contributed by atoms with Gasteiger partial charge in [-0.1, -0.05) is 12.1 Å². The molecular weight excluding hydrogens is 158 g/mol. The van der Waals surface area contributed by atoms with Crippen LogP contribution in [0.3, 0.4) is 0 Å². The zero-order chi connectivity index (χ0) is 9.56. The first-order valence-electron chi connectivity index (χ1n) is 3.79. The van der Waals surface area contributed by atoms with E-state index in [0.717, 1.165) is 0 Å². The van der Waals surface area contributed by atoms with E-state index in [1.54, 1.807) is 13.8 Å². The molecule has 0 aliphatic rings. The molecule has 0 unspecified atom stereocenters. The average Bonchev–Trinajstić information content (AvgIpc) is 2.00. The van der Waals surface area contributed by atoms with E-state index >= 15 is 0 Å². The lowest BCUT2D eigenvalue weighted by molar-refractivity contribution is -0.141. The molecule has 0 rings (SSSR count). The van der Waals surface area contributed by atoms with Gasteiger partial charge in [0.15, 0.2) is 0 Å². The van der Waals surface area contributed by atoms with Crippen molar-refractivity contribution in [3.8, 4) is 0 Å². The first-order chi connectivity index (χ1) is 5.56. The summed E-state index contributed by atoms with van der Waals surface area (Å²) >= 11 is 0. The van der Waals surface area contributed by atoms with Gasteiger partial charge >= 0.3 is 5.97 Å². The van der Waals surface area contributed by atoms with Gasteiger partial charge in [0.1, 0.15) is 5.78 Å². The van der Waals surface area contributed by atoms with Crippen LogP contribution in [0.15, 0.2) is 5.16 Å². The van der Waals surface area contributed by atoms with E-state index in [1.165, 1.54) is 6.92 Å². The van der Waals surface area contributed by atoms with E-state index in [0.29, 0.717) is 12.1 Å². The summed E-state index contributed by atoms with van der Waals surface area (Å²) in [6.07, 6.45) is 0.733. The van der Waals surface area contributed by atoms with Crippen molar-refractivity contribution in [3.05, 3.63) is 0 Å². The van der Waals surface area contributed by atoms with Gasteiger partial charge in [0, 0.05) is 19.8 Å². The Balaban J connectivity index is 3.85. The molecule has 12 heavy (non-hydrogen) atoms. The van der Waals surface area contributed by atoms with Crippen LogP contribution < -0.4 is 0 Å². The molecule has 0 aliphatic heterocycles. The van der Waals surface area contributed by atoms with Crippen LogP contribution in [0.1, 0.15) is 33.6 Å². The smallest absolute Gasteiger partial charge is 0.319 e. The lowest BCUT2D eigenvalue weighted by atomic mass is 10.2. The van der Waals surface area contributed by atoms with Crippen LogP contribution in [0.2, 0.25) is 0 Å². The van der Waals surface area contributed by atoms with Gasteiger partial charge in [0.05, 0.1) is 5.71 Å². The molecule has 0 aromatic carbocycles. The lowest BCUT2D eigenvalue weighted by Crippen LogP contribution is -2.04. The van der Waals surface area contributed by atoms with Crippen molar-refractivity contribution < 1.29 is 14.4 Å². The predicted molar refractivity (Wildman–Crippen MR) is 44.8 cm³/mol. The summed E-state index contributed by atoms with van der Waals surface area (Å²) in [6.45, 7) is 4.69. The Morgan fingerprint density at radius 1 is 1.33 bits per heavy atom. The van der Waals surface area contributed by atoms with Crippen molar-refractivity contribution in [2.24, 2.45) is 5.16 Å². The number of Topliss-reactive ketones (excluding diaryl/α,β-unsaturated/α-hetero) is 1. The van der Waals surface area contributed by atoms with Gasteiger partial charge in [-0.25, -0.2) is 4.79 Å². The monoisotopic (exact) mass is 171 g/mol. The van der Waals surface area contributed by atoms with E-state index in [9.17, 15) is 9.59 Å². The number of nitrogens with zero attached hydrogens (tertiary/aromatic N) is 1. The number of hydrogen-bond donors (Lipinski definition) is 0. The Morgan fingerprint density at radius 3 is 2.33 bits per heavy atom. The number of hydrogen-bond acceptors (Lipinski definition) is 4. The van der Waals surface area contributed by atoms with Gasteiger partial charge in [-0.15, -0.1) is 0 Å². The summed E-state index contributed by atoms with van der Waals surface area (Å²) in [4.78, 5) is 25.5. The standard InChI is InChI=1S/C8H13NO3/c1-4-8(11)5-6(2)9-12-7(3)10/h4-5H2,1-3H3/b9-6+. The first kappa shape index (κ1) is 10.8. The summed E-state index contributed by atoms with van der Waals surface area (Å²) in [5, 5.41) is 3.46. The quantitative estimate of drug-likeness (QED) is 0.364.